The molecule has 0 aromatic heterocycles. The van der Waals surface area contributed by atoms with Crippen LogP contribution in [0.15, 0.2) is 53.8 Å². The molecule has 1 atom stereocenters. The molecule has 1 aromatic rings. The van der Waals surface area contributed by atoms with Crippen LogP contribution in [0.2, 0.25) is 0 Å². The first kappa shape index (κ1) is 17.2. The zero-order chi connectivity index (χ0) is 15.8. The normalized spacial score (nSPS) is 13.3. The molecule has 2 nitrogen and oxygen atoms in total. The fourth-order valence-corrected chi connectivity index (χ4v) is 2.45. The van der Waals surface area contributed by atoms with Gasteiger partial charge in [-0.1, -0.05) is 57.7 Å². The Hall–Kier alpha value is -1.83. The maximum Gasteiger partial charge on any atom is 0.0420 e. The zero-order valence-corrected chi connectivity index (χ0v) is 13.8. The monoisotopic (exact) mass is 284 g/mol. The van der Waals surface area contributed by atoms with E-state index in [9.17, 15) is 0 Å². The van der Waals surface area contributed by atoms with Gasteiger partial charge in [0.2, 0.25) is 0 Å². The zero-order valence-electron chi connectivity index (χ0n) is 13.8. The van der Waals surface area contributed by atoms with Gasteiger partial charge in [0.25, 0.3) is 0 Å². The average molecular weight is 284 g/mol. The van der Waals surface area contributed by atoms with E-state index in [0.29, 0.717) is 5.71 Å². The van der Waals surface area contributed by atoms with Gasteiger partial charge in [-0.05, 0) is 30.9 Å². The summed E-state index contributed by atoms with van der Waals surface area (Å²) in [5, 5.41) is 11.9. The molecule has 1 aromatic carbocycles. The standard InChI is InChI=1S/C19H28N2/c1-6-13-21-19(14(3)4)18(17(20)7-2)15(5)16-11-9-8-10-12-16/h8-12,15,20-21H,3,6-7,13H2,1-2,4-5H3/b19-18-,20-17?. The summed E-state index contributed by atoms with van der Waals surface area (Å²) < 4.78 is 0. The Labute approximate surface area is 129 Å². The summed E-state index contributed by atoms with van der Waals surface area (Å²) in [5.41, 5.74) is 5.04. The summed E-state index contributed by atoms with van der Waals surface area (Å²) in [6.45, 7) is 13.4. The SMILES string of the molecule is C=C(C)/C(NCCC)=C(/C(=N)CC)C(C)c1ccccc1. The van der Waals surface area contributed by atoms with Crippen molar-refractivity contribution >= 4 is 5.71 Å². The largest absolute Gasteiger partial charge is 0.385 e. The Morgan fingerprint density at radius 3 is 2.33 bits per heavy atom. The number of allylic oxidation sites excluding steroid dienone is 2. The van der Waals surface area contributed by atoms with E-state index >= 15 is 0 Å². The van der Waals surface area contributed by atoms with Crippen molar-refractivity contribution in [2.24, 2.45) is 0 Å². The van der Waals surface area contributed by atoms with Gasteiger partial charge in [-0.15, -0.1) is 0 Å². The third-order valence-corrected chi connectivity index (χ3v) is 3.66. The van der Waals surface area contributed by atoms with Crippen LogP contribution >= 0.6 is 0 Å². The summed E-state index contributed by atoms with van der Waals surface area (Å²) in [5.74, 6) is 0.190. The van der Waals surface area contributed by atoms with Crippen molar-refractivity contribution in [3.8, 4) is 0 Å². The lowest BCUT2D eigenvalue weighted by Gasteiger charge is -2.23. The Morgan fingerprint density at radius 2 is 1.86 bits per heavy atom. The first-order chi connectivity index (χ1) is 10.0. The van der Waals surface area contributed by atoms with Gasteiger partial charge in [-0.3, -0.25) is 0 Å². The van der Waals surface area contributed by atoms with Crippen molar-refractivity contribution < 1.29 is 0 Å². The minimum Gasteiger partial charge on any atom is -0.385 e. The van der Waals surface area contributed by atoms with Crippen LogP contribution in [0.1, 0.15) is 52.0 Å². The van der Waals surface area contributed by atoms with Gasteiger partial charge >= 0.3 is 0 Å². The molecule has 2 heteroatoms. The molecule has 0 fully saturated rings. The van der Waals surface area contributed by atoms with Crippen LogP contribution in [-0.2, 0) is 0 Å². The van der Waals surface area contributed by atoms with E-state index < -0.39 is 0 Å². The van der Waals surface area contributed by atoms with Gasteiger partial charge in [0.1, 0.15) is 0 Å². The molecule has 0 amide bonds. The lowest BCUT2D eigenvalue weighted by Crippen LogP contribution is -2.22. The maximum atomic E-state index is 8.39. The summed E-state index contributed by atoms with van der Waals surface area (Å²) in [7, 11) is 0. The van der Waals surface area contributed by atoms with Gasteiger partial charge in [0.05, 0.1) is 0 Å². The predicted octanol–water partition coefficient (Wildman–Crippen LogP) is 5.05. The molecule has 0 saturated heterocycles. The van der Waals surface area contributed by atoms with Gasteiger partial charge in [0, 0.05) is 29.4 Å². The van der Waals surface area contributed by atoms with Crippen molar-refractivity contribution in [3.05, 3.63) is 59.3 Å². The second kappa shape index (κ2) is 8.46. The second-order valence-corrected chi connectivity index (χ2v) is 5.46. The second-order valence-electron chi connectivity index (χ2n) is 5.46. The van der Waals surface area contributed by atoms with Crippen LogP contribution in [-0.4, -0.2) is 12.3 Å². The van der Waals surface area contributed by atoms with Crippen molar-refractivity contribution in [1.82, 2.24) is 5.32 Å². The Balaban J connectivity index is 3.31. The molecule has 114 valence electrons. The average Bonchev–Trinajstić information content (AvgIpc) is 2.50. The number of rotatable bonds is 8. The molecule has 0 radical (unpaired) electrons. The highest BCUT2D eigenvalue weighted by molar-refractivity contribution is 6.00. The molecule has 0 spiro atoms. The fourth-order valence-electron chi connectivity index (χ4n) is 2.45. The summed E-state index contributed by atoms with van der Waals surface area (Å²) >= 11 is 0. The topological polar surface area (TPSA) is 35.9 Å². The molecule has 2 N–H and O–H groups in total. The van der Waals surface area contributed by atoms with Crippen LogP contribution in [0.5, 0.6) is 0 Å². The van der Waals surface area contributed by atoms with Crippen LogP contribution in [0, 0.1) is 5.41 Å². The molecule has 0 aliphatic carbocycles. The molecule has 0 heterocycles. The van der Waals surface area contributed by atoms with E-state index in [1.165, 1.54) is 5.56 Å². The highest BCUT2D eigenvalue weighted by Gasteiger charge is 2.19. The lowest BCUT2D eigenvalue weighted by molar-refractivity contribution is 0.756. The predicted molar refractivity (Wildman–Crippen MR) is 93.0 cm³/mol. The third kappa shape index (κ3) is 4.59. The van der Waals surface area contributed by atoms with E-state index in [2.05, 4.69) is 50.0 Å². The van der Waals surface area contributed by atoms with Gasteiger partial charge in [-0.25, -0.2) is 0 Å². The Kier molecular flexibility index (Phi) is 6.93. The first-order valence-corrected chi connectivity index (χ1v) is 7.79. The van der Waals surface area contributed by atoms with E-state index in [-0.39, 0.29) is 5.92 Å². The van der Waals surface area contributed by atoms with E-state index in [4.69, 9.17) is 5.41 Å². The minimum absolute atomic E-state index is 0.190. The molecular formula is C19H28N2. The quantitative estimate of drug-likeness (QED) is 0.508. The molecule has 1 unspecified atom stereocenters. The summed E-state index contributed by atoms with van der Waals surface area (Å²) in [4.78, 5) is 0. The molecule has 1 rings (SSSR count). The highest BCUT2D eigenvalue weighted by Crippen LogP contribution is 2.29. The highest BCUT2D eigenvalue weighted by atomic mass is 14.9. The molecule has 0 aliphatic rings. The summed E-state index contributed by atoms with van der Waals surface area (Å²) in [6, 6.07) is 10.4. The van der Waals surface area contributed by atoms with Gasteiger partial charge in [-0.2, -0.15) is 0 Å². The molecule has 21 heavy (non-hydrogen) atoms. The Morgan fingerprint density at radius 1 is 1.24 bits per heavy atom. The Bertz CT molecular complexity index is 512. The van der Waals surface area contributed by atoms with Crippen molar-refractivity contribution in [3.63, 3.8) is 0 Å². The van der Waals surface area contributed by atoms with E-state index in [1.807, 2.05) is 19.9 Å². The fraction of sp³-hybridized carbons (Fsp3) is 0.421. The van der Waals surface area contributed by atoms with Crippen LogP contribution in [0.25, 0.3) is 0 Å². The van der Waals surface area contributed by atoms with E-state index in [1.54, 1.807) is 0 Å². The third-order valence-electron chi connectivity index (χ3n) is 3.66. The number of hydrogen-bond acceptors (Lipinski definition) is 2. The van der Waals surface area contributed by atoms with Gasteiger partial charge < -0.3 is 10.7 Å². The molecular weight excluding hydrogens is 256 g/mol. The van der Waals surface area contributed by atoms with Crippen molar-refractivity contribution in [1.29, 1.82) is 5.41 Å². The summed E-state index contributed by atoms with van der Waals surface area (Å²) in [6.07, 6.45) is 1.79. The number of nitrogens with one attached hydrogen (secondary N) is 2. The van der Waals surface area contributed by atoms with Crippen LogP contribution in [0.4, 0.5) is 0 Å². The van der Waals surface area contributed by atoms with Crippen LogP contribution in [0.3, 0.4) is 0 Å². The molecule has 0 saturated carbocycles. The lowest BCUT2D eigenvalue weighted by atomic mass is 9.86. The number of benzene rings is 1. The van der Waals surface area contributed by atoms with Crippen molar-refractivity contribution in [2.75, 3.05) is 6.54 Å². The number of hydrogen-bond donors (Lipinski definition) is 2. The molecule has 0 bridgehead atoms. The van der Waals surface area contributed by atoms with E-state index in [0.717, 1.165) is 36.2 Å². The minimum atomic E-state index is 0.190. The molecule has 0 aliphatic heterocycles. The van der Waals surface area contributed by atoms with Crippen LogP contribution < -0.4 is 5.32 Å². The maximum absolute atomic E-state index is 8.39. The van der Waals surface area contributed by atoms with Crippen molar-refractivity contribution in [2.45, 2.75) is 46.5 Å². The van der Waals surface area contributed by atoms with Gasteiger partial charge in [0.15, 0.2) is 0 Å². The first-order valence-electron chi connectivity index (χ1n) is 7.79. The smallest absolute Gasteiger partial charge is 0.0420 e.